The van der Waals surface area contributed by atoms with Gasteiger partial charge in [-0.2, -0.15) is 5.10 Å². The number of hydrogen-bond acceptors (Lipinski definition) is 6. The number of nitrogens with zero attached hydrogens (tertiary/aromatic N) is 1. The minimum absolute atomic E-state index is 0.227. The molecule has 0 unspecified atom stereocenters. The first kappa shape index (κ1) is 21.2. The molecule has 2 aromatic carbocycles. The molecule has 0 fully saturated rings. The Morgan fingerprint density at radius 2 is 1.82 bits per heavy atom. The van der Waals surface area contributed by atoms with Crippen molar-refractivity contribution in [2.24, 2.45) is 5.10 Å². The Morgan fingerprint density at radius 1 is 1.11 bits per heavy atom. The maximum Gasteiger partial charge on any atom is 0.428 e. The van der Waals surface area contributed by atoms with E-state index in [-0.39, 0.29) is 11.3 Å². The van der Waals surface area contributed by atoms with Crippen molar-refractivity contribution in [1.29, 1.82) is 0 Å². The summed E-state index contributed by atoms with van der Waals surface area (Å²) in [5, 5.41) is 4.12. The second-order valence-electron chi connectivity index (χ2n) is 6.65. The highest BCUT2D eigenvalue weighted by Gasteiger charge is 2.16. The van der Waals surface area contributed by atoms with Gasteiger partial charge < -0.3 is 14.2 Å². The summed E-state index contributed by atoms with van der Waals surface area (Å²) in [4.78, 5) is 23.9. The highest BCUT2D eigenvalue weighted by atomic mass is 35.5. The minimum atomic E-state index is -0.666. The van der Waals surface area contributed by atoms with Crippen molar-refractivity contribution < 1.29 is 23.8 Å². The summed E-state index contributed by atoms with van der Waals surface area (Å²) in [6, 6.07) is 11.4. The number of nitrogens with one attached hydrogen (secondary N) is 1. The molecule has 0 atom stereocenters. The average molecular weight is 405 g/mol. The molecule has 28 heavy (non-hydrogen) atoms. The van der Waals surface area contributed by atoms with Crippen molar-refractivity contribution in [3.05, 3.63) is 58.6 Å². The molecule has 1 amide bonds. The summed E-state index contributed by atoms with van der Waals surface area (Å²) in [5.41, 5.74) is 2.52. The van der Waals surface area contributed by atoms with E-state index in [4.69, 9.17) is 25.8 Å². The van der Waals surface area contributed by atoms with Crippen LogP contribution in [0.25, 0.3) is 0 Å². The van der Waals surface area contributed by atoms with Crippen LogP contribution in [0.3, 0.4) is 0 Å². The van der Waals surface area contributed by atoms with Gasteiger partial charge in [-0.05, 0) is 56.7 Å². The van der Waals surface area contributed by atoms with E-state index in [0.29, 0.717) is 16.3 Å². The van der Waals surface area contributed by atoms with Gasteiger partial charge in [0.15, 0.2) is 11.5 Å². The molecule has 2 aromatic rings. The van der Waals surface area contributed by atoms with Crippen LogP contribution in [0, 0.1) is 0 Å². The normalized spacial score (nSPS) is 11.2. The van der Waals surface area contributed by atoms with E-state index in [9.17, 15) is 9.59 Å². The largest absolute Gasteiger partial charge is 0.493 e. The Bertz CT molecular complexity index is 890. The smallest absolute Gasteiger partial charge is 0.428 e. The maximum atomic E-state index is 12.3. The molecule has 0 aliphatic rings. The Balaban J connectivity index is 2.07. The zero-order chi connectivity index (χ0) is 20.7. The molecule has 0 radical (unpaired) electrons. The van der Waals surface area contributed by atoms with E-state index >= 15 is 0 Å². The monoisotopic (exact) mass is 404 g/mol. The Hall–Kier alpha value is -3.06. The Kier molecular flexibility index (Phi) is 7.00. The van der Waals surface area contributed by atoms with Crippen molar-refractivity contribution in [3.63, 3.8) is 0 Å². The highest BCUT2D eigenvalue weighted by Crippen LogP contribution is 2.29. The number of amides is 1. The van der Waals surface area contributed by atoms with Crippen molar-refractivity contribution >= 4 is 29.9 Å². The summed E-state index contributed by atoms with van der Waals surface area (Å²) < 4.78 is 15.7. The molecule has 0 aliphatic carbocycles. The quantitative estimate of drug-likeness (QED) is 0.345. The van der Waals surface area contributed by atoms with Crippen LogP contribution in [0.1, 0.15) is 36.7 Å². The predicted octanol–water partition coefficient (Wildman–Crippen LogP) is 4.43. The zero-order valence-electron chi connectivity index (χ0n) is 16.0. The van der Waals surface area contributed by atoms with E-state index in [0.717, 1.165) is 0 Å². The molecular weight excluding hydrogens is 384 g/mol. The maximum absolute atomic E-state index is 12.3. The van der Waals surface area contributed by atoms with Crippen LogP contribution in [-0.4, -0.2) is 31.0 Å². The number of hydrazone groups is 1. The molecule has 0 aliphatic heterocycles. The third-order valence-electron chi connectivity index (χ3n) is 3.25. The number of carbonyl (C=O) groups excluding carboxylic acids is 2. The lowest BCUT2D eigenvalue weighted by Gasteiger charge is -2.18. The lowest BCUT2D eigenvalue weighted by Crippen LogP contribution is -2.29. The molecule has 0 saturated carbocycles. The molecule has 8 heteroatoms. The fourth-order valence-electron chi connectivity index (χ4n) is 2.09. The molecule has 1 N–H and O–H groups in total. The number of hydrogen-bond donors (Lipinski definition) is 1. The second kappa shape index (κ2) is 9.23. The molecular formula is C20H21ClN2O5. The number of rotatable bonds is 5. The predicted molar refractivity (Wildman–Crippen MR) is 106 cm³/mol. The van der Waals surface area contributed by atoms with E-state index in [2.05, 4.69) is 10.5 Å². The van der Waals surface area contributed by atoms with Crippen LogP contribution >= 0.6 is 11.6 Å². The van der Waals surface area contributed by atoms with Gasteiger partial charge in [-0.1, -0.05) is 23.7 Å². The summed E-state index contributed by atoms with van der Waals surface area (Å²) in [5.74, 6) is -0.0526. The molecule has 0 bridgehead atoms. The SMILES string of the molecule is COc1cc(C=NNC(=O)OC(C)(C)C)ccc1OC(=O)c1ccccc1Cl. The standard InChI is InChI=1S/C20H21ClN2O5/c1-20(2,3)28-19(25)23-22-12-13-9-10-16(17(11-13)26-4)27-18(24)14-7-5-6-8-15(14)21/h5-12H,1-4H3,(H,23,25). The Morgan fingerprint density at radius 3 is 2.46 bits per heavy atom. The van der Waals surface area contributed by atoms with E-state index in [1.54, 1.807) is 63.2 Å². The van der Waals surface area contributed by atoms with Gasteiger partial charge in [0.05, 0.1) is 23.9 Å². The van der Waals surface area contributed by atoms with Gasteiger partial charge in [-0.15, -0.1) is 0 Å². The van der Waals surface area contributed by atoms with Crippen LogP contribution in [0.2, 0.25) is 5.02 Å². The van der Waals surface area contributed by atoms with E-state index < -0.39 is 17.7 Å². The zero-order valence-corrected chi connectivity index (χ0v) is 16.7. The van der Waals surface area contributed by atoms with Gasteiger partial charge in [-0.25, -0.2) is 15.0 Å². The number of halogens is 1. The van der Waals surface area contributed by atoms with Crippen LogP contribution in [0.5, 0.6) is 11.5 Å². The third-order valence-corrected chi connectivity index (χ3v) is 3.58. The summed E-state index contributed by atoms with van der Waals surface area (Å²) in [6.45, 7) is 5.26. The summed E-state index contributed by atoms with van der Waals surface area (Å²) in [7, 11) is 1.45. The number of benzene rings is 2. The van der Waals surface area contributed by atoms with Crippen LogP contribution in [0.4, 0.5) is 4.79 Å². The summed E-state index contributed by atoms with van der Waals surface area (Å²) in [6.07, 6.45) is 0.743. The highest BCUT2D eigenvalue weighted by molar-refractivity contribution is 6.33. The summed E-state index contributed by atoms with van der Waals surface area (Å²) >= 11 is 6.01. The fraction of sp³-hybridized carbons (Fsp3) is 0.250. The number of carbonyl (C=O) groups is 2. The molecule has 0 heterocycles. The average Bonchev–Trinajstić information content (AvgIpc) is 2.61. The van der Waals surface area contributed by atoms with Crippen molar-refractivity contribution in [2.45, 2.75) is 26.4 Å². The second-order valence-corrected chi connectivity index (χ2v) is 7.06. The Labute approximate surface area is 168 Å². The minimum Gasteiger partial charge on any atom is -0.493 e. The third kappa shape index (κ3) is 6.28. The molecule has 0 aromatic heterocycles. The van der Waals surface area contributed by atoms with Crippen molar-refractivity contribution in [1.82, 2.24) is 5.43 Å². The lowest BCUT2D eigenvalue weighted by atomic mass is 10.2. The first-order chi connectivity index (χ1) is 13.2. The van der Waals surface area contributed by atoms with Crippen molar-refractivity contribution in [2.75, 3.05) is 7.11 Å². The van der Waals surface area contributed by atoms with Gasteiger partial charge in [0.25, 0.3) is 0 Å². The van der Waals surface area contributed by atoms with Crippen LogP contribution in [0.15, 0.2) is 47.6 Å². The van der Waals surface area contributed by atoms with Gasteiger partial charge in [0.2, 0.25) is 0 Å². The van der Waals surface area contributed by atoms with E-state index in [1.807, 2.05) is 0 Å². The van der Waals surface area contributed by atoms with Gasteiger partial charge in [0.1, 0.15) is 5.60 Å². The van der Waals surface area contributed by atoms with Crippen LogP contribution < -0.4 is 14.9 Å². The van der Waals surface area contributed by atoms with Crippen molar-refractivity contribution in [3.8, 4) is 11.5 Å². The van der Waals surface area contributed by atoms with Crippen LogP contribution in [-0.2, 0) is 4.74 Å². The number of methoxy groups -OCH3 is 1. The van der Waals surface area contributed by atoms with Gasteiger partial charge in [0, 0.05) is 0 Å². The fourth-order valence-corrected chi connectivity index (χ4v) is 2.30. The van der Waals surface area contributed by atoms with Gasteiger partial charge >= 0.3 is 12.1 Å². The number of ether oxygens (including phenoxy) is 3. The topological polar surface area (TPSA) is 86.2 Å². The first-order valence-corrected chi connectivity index (χ1v) is 8.74. The molecule has 0 saturated heterocycles. The molecule has 2 rings (SSSR count). The lowest BCUT2D eigenvalue weighted by molar-refractivity contribution is 0.0529. The number of esters is 1. The molecule has 148 valence electrons. The molecule has 7 nitrogen and oxygen atoms in total. The van der Waals surface area contributed by atoms with E-state index in [1.165, 1.54) is 13.3 Å². The van der Waals surface area contributed by atoms with Gasteiger partial charge in [-0.3, -0.25) is 0 Å². The first-order valence-electron chi connectivity index (χ1n) is 8.36. The molecule has 0 spiro atoms.